The van der Waals surface area contributed by atoms with Crippen LogP contribution in [-0.4, -0.2) is 4.98 Å². The fourth-order valence-electron chi connectivity index (χ4n) is 2.10. The summed E-state index contributed by atoms with van der Waals surface area (Å²) in [6, 6.07) is 7.80. The summed E-state index contributed by atoms with van der Waals surface area (Å²) in [5, 5.41) is 3.24. The number of fused-ring (bicyclic) bond motifs is 1. The number of nitrogens with two attached hydrogens (primary N) is 1. The molecule has 0 radical (unpaired) electrons. The van der Waals surface area contributed by atoms with Crippen LogP contribution in [0.2, 0.25) is 0 Å². The number of pyridine rings is 1. The zero-order chi connectivity index (χ0) is 15.0. The summed E-state index contributed by atoms with van der Waals surface area (Å²) in [5.74, 6) is -3.00. The van der Waals surface area contributed by atoms with Gasteiger partial charge >= 0.3 is 0 Å². The molecule has 3 rings (SSSR count). The Hall–Kier alpha value is -2.76. The van der Waals surface area contributed by atoms with Crippen molar-refractivity contribution in [1.29, 1.82) is 0 Å². The maximum absolute atomic E-state index is 13.7. The van der Waals surface area contributed by atoms with Crippen molar-refractivity contribution in [2.75, 3.05) is 11.1 Å². The van der Waals surface area contributed by atoms with Crippen LogP contribution in [0.25, 0.3) is 10.9 Å². The van der Waals surface area contributed by atoms with Gasteiger partial charge in [0.15, 0.2) is 11.6 Å². The number of nitrogens with zero attached hydrogens (tertiary/aromatic N) is 1. The highest BCUT2D eigenvalue weighted by molar-refractivity contribution is 5.99. The lowest BCUT2D eigenvalue weighted by molar-refractivity contribution is 0.549. The monoisotopic (exact) mass is 289 g/mol. The van der Waals surface area contributed by atoms with E-state index >= 15 is 0 Å². The van der Waals surface area contributed by atoms with Gasteiger partial charge in [0.25, 0.3) is 0 Å². The number of anilines is 3. The van der Waals surface area contributed by atoms with Crippen molar-refractivity contribution in [3.63, 3.8) is 0 Å². The molecule has 3 nitrogen and oxygen atoms in total. The minimum absolute atomic E-state index is 0.425. The van der Waals surface area contributed by atoms with E-state index in [4.69, 9.17) is 5.73 Å². The van der Waals surface area contributed by atoms with Gasteiger partial charge in [-0.3, -0.25) is 4.98 Å². The second kappa shape index (κ2) is 4.97. The molecule has 21 heavy (non-hydrogen) atoms. The van der Waals surface area contributed by atoms with Crippen LogP contribution in [0, 0.1) is 17.5 Å². The maximum atomic E-state index is 13.7. The molecule has 0 aliphatic rings. The number of nitrogen functional groups attached to an aromatic ring is 1. The van der Waals surface area contributed by atoms with Gasteiger partial charge in [-0.15, -0.1) is 0 Å². The van der Waals surface area contributed by atoms with E-state index in [1.807, 2.05) is 0 Å². The number of nitrogens with one attached hydrogen (secondary N) is 1. The molecule has 0 spiro atoms. The molecular formula is C15H10F3N3. The first-order valence-electron chi connectivity index (χ1n) is 6.11. The first kappa shape index (κ1) is 13.2. The van der Waals surface area contributed by atoms with Crippen molar-refractivity contribution >= 4 is 28.0 Å². The molecule has 0 fully saturated rings. The van der Waals surface area contributed by atoms with Crippen molar-refractivity contribution in [2.45, 2.75) is 0 Å². The van der Waals surface area contributed by atoms with Crippen LogP contribution >= 0.6 is 0 Å². The van der Waals surface area contributed by atoms with Crippen molar-refractivity contribution in [2.24, 2.45) is 0 Å². The molecule has 0 unspecified atom stereocenters. The van der Waals surface area contributed by atoms with E-state index in [1.165, 1.54) is 0 Å². The Morgan fingerprint density at radius 3 is 2.43 bits per heavy atom. The summed E-state index contributed by atoms with van der Waals surface area (Å²) in [5.41, 5.74) is 6.79. The minimum atomic E-state index is -1.01. The normalized spacial score (nSPS) is 10.8. The van der Waals surface area contributed by atoms with Gasteiger partial charge in [0.2, 0.25) is 0 Å². The highest BCUT2D eigenvalue weighted by atomic mass is 19.1. The Morgan fingerprint density at radius 1 is 1.00 bits per heavy atom. The van der Waals surface area contributed by atoms with E-state index in [-0.39, 0.29) is 0 Å². The quantitative estimate of drug-likeness (QED) is 0.702. The van der Waals surface area contributed by atoms with Crippen molar-refractivity contribution in [3.05, 3.63) is 60.0 Å². The topological polar surface area (TPSA) is 50.9 Å². The molecule has 3 N–H and O–H groups in total. The number of rotatable bonds is 2. The molecule has 1 heterocycles. The molecule has 0 saturated carbocycles. The van der Waals surface area contributed by atoms with Crippen molar-refractivity contribution in [1.82, 2.24) is 4.98 Å². The van der Waals surface area contributed by atoms with Crippen LogP contribution in [0.1, 0.15) is 0 Å². The van der Waals surface area contributed by atoms with Crippen LogP contribution in [-0.2, 0) is 0 Å². The number of hydrogen-bond acceptors (Lipinski definition) is 3. The van der Waals surface area contributed by atoms with E-state index in [0.717, 1.165) is 0 Å². The number of hydrogen-bond donors (Lipinski definition) is 2. The maximum Gasteiger partial charge on any atom is 0.152 e. The first-order valence-corrected chi connectivity index (χ1v) is 6.11. The molecule has 0 saturated heterocycles. The zero-order valence-corrected chi connectivity index (χ0v) is 10.7. The highest BCUT2D eigenvalue weighted by Gasteiger charge is 2.13. The van der Waals surface area contributed by atoms with Crippen LogP contribution in [0.5, 0.6) is 0 Å². The van der Waals surface area contributed by atoms with Gasteiger partial charge in [-0.2, -0.15) is 0 Å². The average molecular weight is 289 g/mol. The van der Waals surface area contributed by atoms with Gasteiger partial charge in [0.05, 0.1) is 11.2 Å². The van der Waals surface area contributed by atoms with E-state index < -0.39 is 23.1 Å². The molecule has 0 aliphatic heterocycles. The standard InChI is InChI=1S/C15H10F3N3/c16-8-6-10(17)15(11(18)7-8)21-13-4-3-12(19)14-9(13)2-1-5-20-14/h1-7,21H,19H2. The number of benzene rings is 2. The SMILES string of the molecule is Nc1ccc(Nc2c(F)cc(F)cc2F)c2cccnc12. The molecule has 0 amide bonds. The summed E-state index contributed by atoms with van der Waals surface area (Å²) in [4.78, 5) is 4.13. The third-order valence-corrected chi connectivity index (χ3v) is 3.07. The van der Waals surface area contributed by atoms with E-state index in [0.29, 0.717) is 34.4 Å². The molecule has 0 aliphatic carbocycles. The third-order valence-electron chi connectivity index (χ3n) is 3.07. The van der Waals surface area contributed by atoms with Gasteiger partial charge in [-0.05, 0) is 24.3 Å². The molecule has 0 bridgehead atoms. The van der Waals surface area contributed by atoms with Crippen LogP contribution in [0.15, 0.2) is 42.6 Å². The van der Waals surface area contributed by atoms with Crippen LogP contribution in [0.3, 0.4) is 0 Å². The lowest BCUT2D eigenvalue weighted by Gasteiger charge is -2.12. The van der Waals surface area contributed by atoms with Gasteiger partial charge in [-0.1, -0.05) is 0 Å². The average Bonchev–Trinajstić information content (AvgIpc) is 2.45. The first-order chi connectivity index (χ1) is 10.1. The largest absolute Gasteiger partial charge is 0.397 e. The smallest absolute Gasteiger partial charge is 0.152 e. The van der Waals surface area contributed by atoms with Gasteiger partial charge < -0.3 is 11.1 Å². The fourth-order valence-corrected chi connectivity index (χ4v) is 2.10. The Balaban J connectivity index is 2.13. The Kier molecular flexibility index (Phi) is 3.13. The second-order valence-corrected chi connectivity index (χ2v) is 4.47. The Bertz CT molecular complexity index is 811. The fraction of sp³-hybridized carbons (Fsp3) is 0. The predicted molar refractivity (Wildman–Crippen MR) is 75.8 cm³/mol. The van der Waals surface area contributed by atoms with E-state index in [1.54, 1.807) is 30.5 Å². The van der Waals surface area contributed by atoms with Gasteiger partial charge in [0, 0.05) is 29.4 Å². The lowest BCUT2D eigenvalue weighted by atomic mass is 10.1. The van der Waals surface area contributed by atoms with Crippen LogP contribution in [0.4, 0.5) is 30.2 Å². The number of aromatic nitrogens is 1. The molecular weight excluding hydrogens is 279 g/mol. The molecule has 0 atom stereocenters. The molecule has 106 valence electrons. The lowest BCUT2D eigenvalue weighted by Crippen LogP contribution is -2.00. The highest BCUT2D eigenvalue weighted by Crippen LogP contribution is 2.31. The molecule has 2 aromatic carbocycles. The zero-order valence-electron chi connectivity index (χ0n) is 10.7. The summed E-state index contributed by atoms with van der Waals surface area (Å²) >= 11 is 0. The van der Waals surface area contributed by atoms with E-state index in [9.17, 15) is 13.2 Å². The van der Waals surface area contributed by atoms with Crippen molar-refractivity contribution in [3.8, 4) is 0 Å². The third kappa shape index (κ3) is 2.35. The minimum Gasteiger partial charge on any atom is -0.397 e. The van der Waals surface area contributed by atoms with Gasteiger partial charge in [-0.25, -0.2) is 13.2 Å². The Morgan fingerprint density at radius 2 is 1.71 bits per heavy atom. The summed E-state index contributed by atoms with van der Waals surface area (Å²) in [6.45, 7) is 0. The second-order valence-electron chi connectivity index (χ2n) is 4.47. The predicted octanol–water partition coefficient (Wildman–Crippen LogP) is 3.98. The summed E-state index contributed by atoms with van der Waals surface area (Å²) in [6.07, 6.45) is 1.57. The summed E-state index contributed by atoms with van der Waals surface area (Å²) < 4.78 is 40.3. The van der Waals surface area contributed by atoms with E-state index in [2.05, 4.69) is 10.3 Å². The summed E-state index contributed by atoms with van der Waals surface area (Å²) in [7, 11) is 0. The van der Waals surface area contributed by atoms with Crippen molar-refractivity contribution < 1.29 is 13.2 Å². The molecule has 1 aromatic heterocycles. The van der Waals surface area contributed by atoms with Crippen LogP contribution < -0.4 is 11.1 Å². The molecule has 6 heteroatoms. The Labute approximate surface area is 118 Å². The van der Waals surface area contributed by atoms with Gasteiger partial charge in [0.1, 0.15) is 11.5 Å². The molecule has 3 aromatic rings. The number of halogens is 3.